The van der Waals surface area contributed by atoms with Gasteiger partial charge in [-0.1, -0.05) is 30.0 Å². The molecule has 0 aliphatic heterocycles. The number of allylic oxidation sites excluding steroid dienone is 1. The lowest BCUT2D eigenvalue weighted by atomic mass is 10.1. The van der Waals surface area contributed by atoms with Gasteiger partial charge < -0.3 is 14.2 Å². The fourth-order valence-electron chi connectivity index (χ4n) is 2.84. The molecular formula is C26H27F3O4. The molecule has 2 aromatic carbocycles. The van der Waals surface area contributed by atoms with E-state index in [1.807, 2.05) is 19.1 Å². The number of ether oxygens (including phenoxy) is 3. The van der Waals surface area contributed by atoms with Crippen LogP contribution in [0.5, 0.6) is 5.75 Å². The Morgan fingerprint density at radius 1 is 1.09 bits per heavy atom. The van der Waals surface area contributed by atoms with E-state index in [1.54, 1.807) is 32.1 Å². The summed E-state index contributed by atoms with van der Waals surface area (Å²) in [6.07, 6.45) is -2.89. The van der Waals surface area contributed by atoms with E-state index in [-0.39, 0.29) is 12.6 Å². The van der Waals surface area contributed by atoms with Crippen molar-refractivity contribution in [2.75, 3.05) is 19.8 Å². The highest BCUT2D eigenvalue weighted by Gasteiger charge is 2.30. The second kappa shape index (κ2) is 12.7. The zero-order valence-corrected chi connectivity index (χ0v) is 18.9. The molecule has 0 spiro atoms. The Labute approximate surface area is 192 Å². The second-order valence-electron chi connectivity index (χ2n) is 7.07. The Balaban J connectivity index is 1.91. The van der Waals surface area contributed by atoms with Gasteiger partial charge in [-0.05, 0) is 68.3 Å². The average molecular weight is 460 g/mol. The molecule has 0 aliphatic rings. The number of rotatable bonds is 9. The van der Waals surface area contributed by atoms with Crippen LogP contribution in [0.3, 0.4) is 0 Å². The van der Waals surface area contributed by atoms with E-state index >= 15 is 0 Å². The van der Waals surface area contributed by atoms with Crippen molar-refractivity contribution in [3.8, 4) is 17.6 Å². The summed E-state index contributed by atoms with van der Waals surface area (Å²) < 4.78 is 54.5. The lowest BCUT2D eigenvalue weighted by Gasteiger charge is -2.15. The molecule has 0 heterocycles. The van der Waals surface area contributed by atoms with Crippen LogP contribution in [0.1, 0.15) is 37.5 Å². The topological polar surface area (TPSA) is 44.8 Å². The van der Waals surface area contributed by atoms with E-state index in [0.717, 1.165) is 17.7 Å². The van der Waals surface area contributed by atoms with Crippen LogP contribution in [-0.4, -0.2) is 31.9 Å². The minimum absolute atomic E-state index is 0.257. The van der Waals surface area contributed by atoms with Gasteiger partial charge in [-0.3, -0.25) is 0 Å². The molecule has 0 fully saturated rings. The van der Waals surface area contributed by atoms with Crippen LogP contribution >= 0.6 is 0 Å². The standard InChI is InChI=1S/C26H27F3O4/c1-4-31-24(25(30)32-5-2)18-21-11-13-23(14-12-21)33-16-15-19(3)9-10-20-7-6-8-22(17-20)26(27,28)29/h6-8,11-15,17,24H,4-5,16,18H2,1-3H3. The van der Waals surface area contributed by atoms with E-state index < -0.39 is 17.8 Å². The Bertz CT molecular complexity index is 999. The van der Waals surface area contributed by atoms with Crippen LogP contribution in [0.15, 0.2) is 60.2 Å². The van der Waals surface area contributed by atoms with E-state index in [9.17, 15) is 18.0 Å². The van der Waals surface area contributed by atoms with Gasteiger partial charge in [0.2, 0.25) is 0 Å². The van der Waals surface area contributed by atoms with Gasteiger partial charge in [0, 0.05) is 18.6 Å². The molecule has 0 saturated carbocycles. The molecule has 0 amide bonds. The molecule has 0 N–H and O–H groups in total. The van der Waals surface area contributed by atoms with E-state index in [4.69, 9.17) is 14.2 Å². The van der Waals surface area contributed by atoms with Gasteiger partial charge in [0.15, 0.2) is 6.10 Å². The van der Waals surface area contributed by atoms with Crippen LogP contribution in [0.25, 0.3) is 0 Å². The van der Waals surface area contributed by atoms with Crippen molar-refractivity contribution in [2.24, 2.45) is 0 Å². The lowest BCUT2D eigenvalue weighted by molar-refractivity contribution is -0.156. The SMILES string of the molecule is CCOC(=O)C(Cc1ccc(OCC=C(C)C#Cc2cccc(C(F)(F)F)c2)cc1)OCC. The van der Waals surface area contributed by atoms with Crippen molar-refractivity contribution in [3.63, 3.8) is 0 Å². The maximum Gasteiger partial charge on any atom is 0.416 e. The summed E-state index contributed by atoms with van der Waals surface area (Å²) in [5.41, 5.74) is 1.16. The first-order valence-corrected chi connectivity index (χ1v) is 10.6. The highest BCUT2D eigenvalue weighted by Crippen LogP contribution is 2.29. The number of hydrogen-bond acceptors (Lipinski definition) is 4. The second-order valence-corrected chi connectivity index (χ2v) is 7.07. The molecular weight excluding hydrogens is 433 g/mol. The van der Waals surface area contributed by atoms with Crippen LogP contribution in [0.4, 0.5) is 13.2 Å². The molecule has 7 heteroatoms. The Kier molecular flexibility index (Phi) is 10.0. The first-order chi connectivity index (χ1) is 15.7. The van der Waals surface area contributed by atoms with Crippen molar-refractivity contribution in [1.82, 2.24) is 0 Å². The van der Waals surface area contributed by atoms with Gasteiger partial charge in [-0.15, -0.1) is 0 Å². The van der Waals surface area contributed by atoms with Gasteiger partial charge >= 0.3 is 12.1 Å². The zero-order valence-electron chi connectivity index (χ0n) is 18.9. The molecule has 2 rings (SSSR count). The summed E-state index contributed by atoms with van der Waals surface area (Å²) in [6, 6.07) is 12.2. The maximum absolute atomic E-state index is 12.8. The van der Waals surface area contributed by atoms with Crippen molar-refractivity contribution in [1.29, 1.82) is 0 Å². The molecule has 0 radical (unpaired) electrons. The third-order valence-electron chi connectivity index (χ3n) is 4.50. The molecule has 1 unspecified atom stereocenters. The molecule has 0 bridgehead atoms. The Hall–Kier alpha value is -3.24. The zero-order chi connectivity index (χ0) is 24.3. The Morgan fingerprint density at radius 3 is 2.45 bits per heavy atom. The smallest absolute Gasteiger partial charge is 0.416 e. The molecule has 1 atom stereocenters. The minimum Gasteiger partial charge on any atom is -0.490 e. The third-order valence-corrected chi connectivity index (χ3v) is 4.50. The molecule has 2 aromatic rings. The number of alkyl halides is 3. The van der Waals surface area contributed by atoms with Gasteiger partial charge in [0.1, 0.15) is 12.4 Å². The van der Waals surface area contributed by atoms with Crippen LogP contribution in [0, 0.1) is 11.8 Å². The van der Waals surface area contributed by atoms with Gasteiger partial charge in [-0.2, -0.15) is 13.2 Å². The Morgan fingerprint density at radius 2 is 1.82 bits per heavy atom. The van der Waals surface area contributed by atoms with E-state index in [0.29, 0.717) is 36.5 Å². The van der Waals surface area contributed by atoms with Crippen LogP contribution < -0.4 is 4.74 Å². The number of hydrogen-bond donors (Lipinski definition) is 0. The molecule has 0 aliphatic carbocycles. The third kappa shape index (κ3) is 9.03. The predicted octanol–water partition coefficient (Wildman–Crippen LogP) is 5.59. The summed E-state index contributed by atoms with van der Waals surface area (Å²) in [4.78, 5) is 12.0. The number of esters is 1. The van der Waals surface area contributed by atoms with E-state index in [2.05, 4.69) is 11.8 Å². The fourth-order valence-corrected chi connectivity index (χ4v) is 2.84. The highest BCUT2D eigenvalue weighted by molar-refractivity contribution is 5.75. The monoisotopic (exact) mass is 460 g/mol. The largest absolute Gasteiger partial charge is 0.490 e. The lowest BCUT2D eigenvalue weighted by Crippen LogP contribution is -2.28. The molecule has 0 aromatic heterocycles. The first-order valence-electron chi connectivity index (χ1n) is 10.6. The summed E-state index contributed by atoms with van der Waals surface area (Å²) in [6.45, 7) is 6.30. The minimum atomic E-state index is -4.39. The predicted molar refractivity (Wildman–Crippen MR) is 120 cm³/mol. The van der Waals surface area contributed by atoms with Crippen LogP contribution in [-0.2, 0) is 26.9 Å². The van der Waals surface area contributed by atoms with Crippen molar-refractivity contribution >= 4 is 5.97 Å². The quantitative estimate of drug-likeness (QED) is 0.361. The number of carbonyl (C=O) groups excluding carboxylic acids is 1. The summed E-state index contributed by atoms with van der Waals surface area (Å²) in [5, 5.41) is 0. The van der Waals surface area contributed by atoms with Crippen LogP contribution in [0.2, 0.25) is 0 Å². The van der Waals surface area contributed by atoms with Gasteiger partial charge in [0.05, 0.1) is 12.2 Å². The molecule has 33 heavy (non-hydrogen) atoms. The van der Waals surface area contributed by atoms with Crippen molar-refractivity contribution in [2.45, 2.75) is 39.5 Å². The van der Waals surface area contributed by atoms with Crippen molar-refractivity contribution in [3.05, 3.63) is 76.9 Å². The van der Waals surface area contributed by atoms with Gasteiger partial charge in [-0.25, -0.2) is 4.79 Å². The summed E-state index contributed by atoms with van der Waals surface area (Å²) in [5.74, 6) is 5.82. The summed E-state index contributed by atoms with van der Waals surface area (Å²) in [7, 11) is 0. The first kappa shape index (κ1) is 26.0. The normalized spacial score (nSPS) is 12.5. The number of carbonyl (C=O) groups is 1. The average Bonchev–Trinajstić information content (AvgIpc) is 2.78. The summed E-state index contributed by atoms with van der Waals surface area (Å²) >= 11 is 0. The fraction of sp³-hybridized carbons (Fsp3) is 0.346. The van der Waals surface area contributed by atoms with Gasteiger partial charge in [0.25, 0.3) is 0 Å². The van der Waals surface area contributed by atoms with Crippen molar-refractivity contribution < 1.29 is 32.2 Å². The highest BCUT2D eigenvalue weighted by atomic mass is 19.4. The number of halogens is 3. The molecule has 4 nitrogen and oxygen atoms in total. The van der Waals surface area contributed by atoms with E-state index in [1.165, 1.54) is 12.1 Å². The molecule has 0 saturated heterocycles. The maximum atomic E-state index is 12.8. The molecule has 176 valence electrons. The number of benzene rings is 2.